The monoisotopic (exact) mass is 307 g/mol. The molecule has 2 aromatic rings. The summed E-state index contributed by atoms with van der Waals surface area (Å²) in [6.07, 6.45) is 1.70. The zero-order valence-corrected chi connectivity index (χ0v) is 12.9. The van der Waals surface area contributed by atoms with Crippen molar-refractivity contribution in [1.29, 1.82) is 0 Å². The second kappa shape index (κ2) is 5.69. The second-order valence-electron chi connectivity index (χ2n) is 5.48. The van der Waals surface area contributed by atoms with Crippen LogP contribution in [0.4, 0.5) is 0 Å². The fourth-order valence-corrected chi connectivity index (χ4v) is 3.05. The first-order valence-corrected chi connectivity index (χ1v) is 7.61. The van der Waals surface area contributed by atoms with Crippen LogP contribution in [0.25, 0.3) is 11.2 Å². The number of hydrogen-bond donors (Lipinski definition) is 1. The molecule has 8 heteroatoms. The predicted molar refractivity (Wildman–Crippen MR) is 81.9 cm³/mol. The zero-order valence-electron chi connectivity index (χ0n) is 12.9. The quantitative estimate of drug-likeness (QED) is 0.838. The smallest absolute Gasteiger partial charge is 0.332 e. The van der Waals surface area contributed by atoms with Crippen LogP contribution in [0, 0.1) is 0 Å². The summed E-state index contributed by atoms with van der Waals surface area (Å²) in [5.74, 6) is 0.693. The van der Waals surface area contributed by atoms with Gasteiger partial charge >= 0.3 is 5.69 Å². The van der Waals surface area contributed by atoms with Crippen molar-refractivity contribution < 1.29 is 4.74 Å². The van der Waals surface area contributed by atoms with Crippen molar-refractivity contribution in [1.82, 2.24) is 18.7 Å². The van der Waals surface area contributed by atoms with E-state index in [1.807, 2.05) is 4.57 Å². The Morgan fingerprint density at radius 1 is 1.36 bits per heavy atom. The van der Waals surface area contributed by atoms with Crippen LogP contribution in [-0.4, -0.2) is 31.8 Å². The molecule has 1 atom stereocenters. The number of fused-ring (bicyclic) bond motifs is 1. The summed E-state index contributed by atoms with van der Waals surface area (Å²) >= 11 is 0. The molecule has 1 aliphatic rings. The maximum absolute atomic E-state index is 12.7. The van der Waals surface area contributed by atoms with Gasteiger partial charge in [0.25, 0.3) is 5.56 Å². The first-order valence-electron chi connectivity index (χ1n) is 7.61. The maximum Gasteiger partial charge on any atom is 0.332 e. The van der Waals surface area contributed by atoms with Crippen molar-refractivity contribution in [3.05, 3.63) is 26.7 Å². The van der Waals surface area contributed by atoms with Gasteiger partial charge in [0.15, 0.2) is 11.2 Å². The van der Waals surface area contributed by atoms with E-state index < -0.39 is 0 Å². The number of ether oxygens (including phenoxy) is 1. The molecule has 2 N–H and O–H groups in total. The molecular formula is C14H21N5O3. The lowest BCUT2D eigenvalue weighted by Gasteiger charge is -2.12. The summed E-state index contributed by atoms with van der Waals surface area (Å²) in [6.45, 7) is 3.65. The minimum atomic E-state index is -0.351. The first-order chi connectivity index (χ1) is 10.6. The average molecular weight is 307 g/mol. The molecule has 1 unspecified atom stereocenters. The van der Waals surface area contributed by atoms with Gasteiger partial charge < -0.3 is 15.0 Å². The molecule has 0 aromatic carbocycles. The number of hydrogen-bond acceptors (Lipinski definition) is 5. The van der Waals surface area contributed by atoms with Gasteiger partial charge in [-0.3, -0.25) is 13.9 Å². The molecule has 0 aliphatic carbocycles. The van der Waals surface area contributed by atoms with E-state index >= 15 is 0 Å². The van der Waals surface area contributed by atoms with Gasteiger partial charge in [-0.2, -0.15) is 0 Å². The molecule has 1 saturated heterocycles. The van der Waals surface area contributed by atoms with Gasteiger partial charge in [-0.15, -0.1) is 0 Å². The van der Waals surface area contributed by atoms with E-state index in [-0.39, 0.29) is 17.4 Å². The maximum atomic E-state index is 12.7. The standard InChI is InChI=1S/C14H21N5O3/c1-3-18-13(20)10-12(17(2)14(18)21)16-11(19(10)7-6-15)9-5-4-8-22-9/h9H,3-8,15H2,1-2H3. The number of aromatic nitrogens is 4. The Morgan fingerprint density at radius 3 is 2.73 bits per heavy atom. The highest BCUT2D eigenvalue weighted by atomic mass is 16.5. The van der Waals surface area contributed by atoms with E-state index in [4.69, 9.17) is 10.5 Å². The zero-order chi connectivity index (χ0) is 15.9. The molecule has 1 fully saturated rings. The SMILES string of the molecule is CCn1c(=O)c2c(nc(C3CCCO3)n2CCN)n(C)c1=O. The minimum Gasteiger partial charge on any atom is -0.370 e. The largest absolute Gasteiger partial charge is 0.370 e. The first kappa shape index (κ1) is 15.0. The van der Waals surface area contributed by atoms with E-state index in [1.165, 1.54) is 9.13 Å². The number of imidazole rings is 1. The van der Waals surface area contributed by atoms with Crippen LogP contribution < -0.4 is 17.0 Å². The van der Waals surface area contributed by atoms with Gasteiger partial charge in [0.1, 0.15) is 11.9 Å². The molecule has 0 spiro atoms. The van der Waals surface area contributed by atoms with Crippen LogP contribution in [-0.2, 0) is 24.9 Å². The topological polar surface area (TPSA) is 97.1 Å². The van der Waals surface area contributed by atoms with Crippen molar-refractivity contribution in [2.75, 3.05) is 13.2 Å². The third-order valence-corrected chi connectivity index (χ3v) is 4.15. The van der Waals surface area contributed by atoms with Gasteiger partial charge in [-0.05, 0) is 19.8 Å². The highest BCUT2D eigenvalue weighted by Crippen LogP contribution is 2.29. The van der Waals surface area contributed by atoms with Crippen LogP contribution in [0.1, 0.15) is 31.7 Å². The van der Waals surface area contributed by atoms with Gasteiger partial charge in [-0.25, -0.2) is 9.78 Å². The van der Waals surface area contributed by atoms with E-state index in [0.29, 0.717) is 43.2 Å². The molecule has 1 aliphatic heterocycles. The Bertz CT molecular complexity index is 810. The van der Waals surface area contributed by atoms with Crippen LogP contribution in [0.5, 0.6) is 0 Å². The van der Waals surface area contributed by atoms with Gasteiger partial charge in [0.05, 0.1) is 0 Å². The van der Waals surface area contributed by atoms with E-state index in [0.717, 1.165) is 12.8 Å². The van der Waals surface area contributed by atoms with Crippen LogP contribution in [0.15, 0.2) is 9.59 Å². The van der Waals surface area contributed by atoms with Crippen molar-refractivity contribution in [3.8, 4) is 0 Å². The Hall–Kier alpha value is -1.93. The summed E-state index contributed by atoms with van der Waals surface area (Å²) in [4.78, 5) is 29.5. The Kier molecular flexibility index (Phi) is 3.88. The van der Waals surface area contributed by atoms with Crippen LogP contribution in [0.3, 0.4) is 0 Å². The lowest BCUT2D eigenvalue weighted by molar-refractivity contribution is 0.102. The van der Waals surface area contributed by atoms with E-state index in [1.54, 1.807) is 14.0 Å². The molecular weight excluding hydrogens is 286 g/mol. The number of rotatable bonds is 4. The van der Waals surface area contributed by atoms with E-state index in [2.05, 4.69) is 4.98 Å². The third kappa shape index (κ3) is 2.10. The highest BCUT2D eigenvalue weighted by molar-refractivity contribution is 5.71. The van der Waals surface area contributed by atoms with Crippen molar-refractivity contribution in [2.24, 2.45) is 12.8 Å². The molecule has 8 nitrogen and oxygen atoms in total. The third-order valence-electron chi connectivity index (χ3n) is 4.15. The number of aryl methyl sites for hydroxylation is 1. The Balaban J connectivity index is 2.37. The van der Waals surface area contributed by atoms with Gasteiger partial charge in [0, 0.05) is 33.3 Å². The Morgan fingerprint density at radius 2 is 2.14 bits per heavy atom. The molecule has 22 heavy (non-hydrogen) atoms. The van der Waals surface area contributed by atoms with Gasteiger partial charge in [0.2, 0.25) is 0 Å². The van der Waals surface area contributed by atoms with Gasteiger partial charge in [-0.1, -0.05) is 0 Å². The summed E-state index contributed by atoms with van der Waals surface area (Å²) in [5, 5.41) is 0. The fraction of sp³-hybridized carbons (Fsp3) is 0.643. The predicted octanol–water partition coefficient (Wildman–Crippen LogP) is -0.273. The van der Waals surface area contributed by atoms with Crippen LogP contribution in [0.2, 0.25) is 0 Å². The number of nitrogens with zero attached hydrogens (tertiary/aromatic N) is 4. The molecule has 2 aromatic heterocycles. The van der Waals surface area contributed by atoms with Crippen molar-refractivity contribution in [3.63, 3.8) is 0 Å². The minimum absolute atomic E-state index is 0.136. The molecule has 120 valence electrons. The average Bonchev–Trinajstić information content (AvgIpc) is 3.13. The molecule has 0 amide bonds. The van der Waals surface area contributed by atoms with Crippen molar-refractivity contribution in [2.45, 2.75) is 39.0 Å². The van der Waals surface area contributed by atoms with E-state index in [9.17, 15) is 9.59 Å². The lowest BCUT2D eigenvalue weighted by atomic mass is 10.2. The summed E-state index contributed by atoms with van der Waals surface area (Å²) < 4.78 is 10.2. The van der Waals surface area contributed by atoms with Crippen molar-refractivity contribution >= 4 is 11.2 Å². The second-order valence-corrected chi connectivity index (χ2v) is 5.48. The molecule has 0 saturated carbocycles. The van der Waals surface area contributed by atoms with Crippen LogP contribution >= 0.6 is 0 Å². The highest BCUT2D eigenvalue weighted by Gasteiger charge is 2.27. The molecule has 3 rings (SSSR count). The normalized spacial score (nSPS) is 18.4. The summed E-state index contributed by atoms with van der Waals surface area (Å²) in [5.41, 5.74) is 5.87. The molecule has 3 heterocycles. The summed E-state index contributed by atoms with van der Waals surface area (Å²) in [7, 11) is 1.63. The number of nitrogens with two attached hydrogens (primary N) is 1. The molecule has 0 radical (unpaired) electrons. The Labute approximate surface area is 127 Å². The fourth-order valence-electron chi connectivity index (χ4n) is 3.05. The summed E-state index contributed by atoms with van der Waals surface area (Å²) in [6, 6.07) is 0. The molecule has 0 bridgehead atoms. The lowest BCUT2D eigenvalue weighted by Crippen LogP contribution is -2.39.